The Labute approximate surface area is 148 Å². The zero-order chi connectivity index (χ0) is 18.2. The molecule has 0 spiro atoms. The van der Waals surface area contributed by atoms with Gasteiger partial charge in [-0.05, 0) is 55.8 Å². The summed E-state index contributed by atoms with van der Waals surface area (Å²) in [7, 11) is 1.60. The Morgan fingerprint density at radius 2 is 1.72 bits per heavy atom. The van der Waals surface area contributed by atoms with Crippen LogP contribution in [0, 0.1) is 0 Å². The van der Waals surface area contributed by atoms with E-state index in [-0.39, 0.29) is 18.2 Å². The first kappa shape index (κ1) is 18.5. The minimum absolute atomic E-state index is 0.000688. The van der Waals surface area contributed by atoms with Gasteiger partial charge in [0.25, 0.3) is 5.91 Å². The van der Waals surface area contributed by atoms with Gasteiger partial charge in [-0.25, -0.2) is 0 Å². The molecule has 0 aliphatic carbocycles. The van der Waals surface area contributed by atoms with Crippen LogP contribution in [0.25, 0.3) is 0 Å². The number of rotatable bonds is 7. The van der Waals surface area contributed by atoms with Crippen molar-refractivity contribution in [1.29, 1.82) is 0 Å². The fourth-order valence-electron chi connectivity index (χ4n) is 2.56. The average molecular weight is 340 g/mol. The molecule has 0 saturated heterocycles. The molecule has 0 aliphatic rings. The van der Waals surface area contributed by atoms with Gasteiger partial charge in [0.2, 0.25) is 5.91 Å². The third-order valence-electron chi connectivity index (χ3n) is 3.97. The summed E-state index contributed by atoms with van der Waals surface area (Å²) in [4.78, 5) is 26.2. The molecule has 0 aromatic heterocycles. The molecule has 0 atom stereocenters. The molecule has 2 amide bonds. The summed E-state index contributed by atoms with van der Waals surface area (Å²) in [6, 6.07) is 14.4. The van der Waals surface area contributed by atoms with Crippen molar-refractivity contribution in [2.75, 3.05) is 25.5 Å². The number of nitrogens with zero attached hydrogens (tertiary/aromatic N) is 1. The lowest BCUT2D eigenvalue weighted by Gasteiger charge is -2.18. The summed E-state index contributed by atoms with van der Waals surface area (Å²) in [6.45, 7) is 5.26. The maximum absolute atomic E-state index is 12.3. The molecule has 2 aromatic rings. The van der Waals surface area contributed by atoms with Gasteiger partial charge >= 0.3 is 0 Å². The second kappa shape index (κ2) is 8.87. The molecule has 0 fully saturated rings. The summed E-state index contributed by atoms with van der Waals surface area (Å²) in [5.74, 6) is 0.611. The Kier molecular flexibility index (Phi) is 6.57. The summed E-state index contributed by atoms with van der Waals surface area (Å²) in [5.41, 5.74) is 2.17. The van der Waals surface area contributed by atoms with Crippen LogP contribution in [0.3, 0.4) is 0 Å². The maximum atomic E-state index is 12.3. The standard InChI is InChI=1S/C20H24N2O3/c1-4-22(5-2)20(24)16-9-11-17(12-10-16)21-19(23)14-15-7-6-8-18(13-15)25-3/h6-13H,4-5,14H2,1-3H3,(H,21,23). The van der Waals surface area contributed by atoms with E-state index >= 15 is 0 Å². The lowest BCUT2D eigenvalue weighted by Crippen LogP contribution is -2.30. The summed E-state index contributed by atoms with van der Waals surface area (Å²) >= 11 is 0. The SMILES string of the molecule is CCN(CC)C(=O)c1ccc(NC(=O)Cc2cccc(OC)c2)cc1. The Bertz CT molecular complexity index is 722. The van der Waals surface area contributed by atoms with Crippen molar-refractivity contribution in [2.24, 2.45) is 0 Å². The second-order valence-corrected chi connectivity index (χ2v) is 5.63. The van der Waals surface area contributed by atoms with Crippen molar-refractivity contribution >= 4 is 17.5 Å². The van der Waals surface area contributed by atoms with E-state index in [1.807, 2.05) is 38.1 Å². The minimum atomic E-state index is -0.115. The topological polar surface area (TPSA) is 58.6 Å². The van der Waals surface area contributed by atoms with E-state index in [0.29, 0.717) is 24.3 Å². The second-order valence-electron chi connectivity index (χ2n) is 5.63. The third kappa shape index (κ3) is 5.08. The number of methoxy groups -OCH3 is 1. The minimum Gasteiger partial charge on any atom is -0.497 e. The van der Waals surface area contributed by atoms with E-state index < -0.39 is 0 Å². The van der Waals surface area contributed by atoms with Crippen LogP contribution in [0.4, 0.5) is 5.69 Å². The Morgan fingerprint density at radius 3 is 2.32 bits per heavy atom. The molecular weight excluding hydrogens is 316 g/mol. The van der Waals surface area contributed by atoms with Gasteiger partial charge in [-0.15, -0.1) is 0 Å². The van der Waals surface area contributed by atoms with Crippen LogP contribution in [0.15, 0.2) is 48.5 Å². The highest BCUT2D eigenvalue weighted by atomic mass is 16.5. The lowest BCUT2D eigenvalue weighted by atomic mass is 10.1. The fourth-order valence-corrected chi connectivity index (χ4v) is 2.56. The zero-order valence-electron chi connectivity index (χ0n) is 14.9. The van der Waals surface area contributed by atoms with Crippen molar-refractivity contribution in [1.82, 2.24) is 4.90 Å². The molecule has 0 saturated carbocycles. The number of carbonyl (C=O) groups is 2. The van der Waals surface area contributed by atoms with E-state index in [4.69, 9.17) is 4.74 Å². The molecule has 0 aliphatic heterocycles. The quantitative estimate of drug-likeness (QED) is 0.841. The van der Waals surface area contributed by atoms with Gasteiger partial charge in [0.05, 0.1) is 13.5 Å². The van der Waals surface area contributed by atoms with Crippen molar-refractivity contribution in [3.8, 4) is 5.75 Å². The number of carbonyl (C=O) groups excluding carboxylic acids is 2. The fraction of sp³-hybridized carbons (Fsp3) is 0.300. The highest BCUT2D eigenvalue weighted by Crippen LogP contribution is 2.15. The van der Waals surface area contributed by atoms with Gasteiger partial charge < -0.3 is 15.0 Å². The zero-order valence-corrected chi connectivity index (χ0v) is 14.9. The van der Waals surface area contributed by atoms with Crippen molar-refractivity contribution < 1.29 is 14.3 Å². The van der Waals surface area contributed by atoms with Gasteiger partial charge in [0.15, 0.2) is 0 Å². The van der Waals surface area contributed by atoms with E-state index in [2.05, 4.69) is 5.32 Å². The average Bonchev–Trinajstić information content (AvgIpc) is 2.63. The first-order valence-electron chi connectivity index (χ1n) is 8.39. The van der Waals surface area contributed by atoms with E-state index in [0.717, 1.165) is 11.3 Å². The Hall–Kier alpha value is -2.82. The van der Waals surface area contributed by atoms with Gasteiger partial charge in [0.1, 0.15) is 5.75 Å². The van der Waals surface area contributed by atoms with Gasteiger partial charge in [-0.1, -0.05) is 12.1 Å². The van der Waals surface area contributed by atoms with Crippen LogP contribution in [0.2, 0.25) is 0 Å². The van der Waals surface area contributed by atoms with Crippen molar-refractivity contribution in [3.05, 3.63) is 59.7 Å². The molecule has 2 rings (SSSR count). The molecular formula is C20H24N2O3. The number of hydrogen-bond acceptors (Lipinski definition) is 3. The Morgan fingerprint density at radius 1 is 1.04 bits per heavy atom. The highest BCUT2D eigenvalue weighted by molar-refractivity contribution is 5.96. The maximum Gasteiger partial charge on any atom is 0.253 e. The predicted molar refractivity (Wildman–Crippen MR) is 99.0 cm³/mol. The van der Waals surface area contributed by atoms with E-state index in [9.17, 15) is 9.59 Å². The molecule has 0 heterocycles. The molecule has 132 valence electrons. The monoisotopic (exact) mass is 340 g/mol. The van der Waals surface area contributed by atoms with Crippen LogP contribution in [-0.2, 0) is 11.2 Å². The Balaban J connectivity index is 1.98. The van der Waals surface area contributed by atoms with Crippen LogP contribution in [0.1, 0.15) is 29.8 Å². The number of benzene rings is 2. The smallest absolute Gasteiger partial charge is 0.253 e. The summed E-state index contributed by atoms with van der Waals surface area (Å²) < 4.78 is 5.16. The molecule has 2 aromatic carbocycles. The predicted octanol–water partition coefficient (Wildman–Crippen LogP) is 3.36. The summed E-state index contributed by atoms with van der Waals surface area (Å²) in [5, 5.41) is 2.85. The largest absolute Gasteiger partial charge is 0.497 e. The van der Waals surface area contributed by atoms with Crippen LogP contribution >= 0.6 is 0 Å². The van der Waals surface area contributed by atoms with Gasteiger partial charge in [-0.2, -0.15) is 0 Å². The normalized spacial score (nSPS) is 10.2. The number of amides is 2. The summed E-state index contributed by atoms with van der Waals surface area (Å²) in [6.07, 6.45) is 0.261. The van der Waals surface area contributed by atoms with Gasteiger partial charge in [0, 0.05) is 24.3 Å². The van der Waals surface area contributed by atoms with Crippen LogP contribution < -0.4 is 10.1 Å². The number of hydrogen-bond donors (Lipinski definition) is 1. The van der Waals surface area contributed by atoms with Crippen molar-refractivity contribution in [2.45, 2.75) is 20.3 Å². The number of nitrogens with one attached hydrogen (secondary N) is 1. The van der Waals surface area contributed by atoms with Crippen LogP contribution in [-0.4, -0.2) is 36.9 Å². The molecule has 5 heteroatoms. The molecule has 0 radical (unpaired) electrons. The highest BCUT2D eigenvalue weighted by Gasteiger charge is 2.12. The third-order valence-corrected chi connectivity index (χ3v) is 3.97. The molecule has 5 nitrogen and oxygen atoms in total. The van der Waals surface area contributed by atoms with E-state index in [1.165, 1.54) is 0 Å². The first-order valence-corrected chi connectivity index (χ1v) is 8.39. The lowest BCUT2D eigenvalue weighted by molar-refractivity contribution is -0.115. The molecule has 0 unspecified atom stereocenters. The molecule has 0 bridgehead atoms. The number of anilines is 1. The van der Waals surface area contributed by atoms with Crippen LogP contribution in [0.5, 0.6) is 5.75 Å². The van der Waals surface area contributed by atoms with E-state index in [1.54, 1.807) is 36.3 Å². The number of ether oxygens (including phenoxy) is 1. The van der Waals surface area contributed by atoms with Crippen molar-refractivity contribution in [3.63, 3.8) is 0 Å². The van der Waals surface area contributed by atoms with Gasteiger partial charge in [-0.3, -0.25) is 9.59 Å². The molecule has 25 heavy (non-hydrogen) atoms. The first-order chi connectivity index (χ1) is 12.1. The molecule has 1 N–H and O–H groups in total.